The Kier molecular flexibility index (Phi) is 6.31. The number of amidine groups is 1. The first-order chi connectivity index (χ1) is 15.5. The average molecular weight is 474 g/mol. The molecule has 1 amide bonds. The van der Waals surface area contributed by atoms with Crippen LogP contribution in [0.5, 0.6) is 0 Å². The van der Waals surface area contributed by atoms with E-state index in [4.69, 9.17) is 0 Å². The Bertz CT molecular complexity index is 1090. The van der Waals surface area contributed by atoms with E-state index in [-0.39, 0.29) is 11.3 Å². The monoisotopic (exact) mass is 473 g/mol. The van der Waals surface area contributed by atoms with Gasteiger partial charge in [0, 0.05) is 31.9 Å². The number of amides is 1. The zero-order valence-electron chi connectivity index (χ0n) is 18.8. The zero-order chi connectivity index (χ0) is 23.8. The third-order valence-corrected chi connectivity index (χ3v) is 6.82. The van der Waals surface area contributed by atoms with Crippen LogP contribution in [-0.2, 0) is 16.4 Å². The number of hydrogen-bond acceptors (Lipinski definition) is 4. The van der Waals surface area contributed by atoms with E-state index in [1.54, 1.807) is 6.07 Å². The number of anilines is 1. The molecular formula is C25H26F3N3OS. The molecule has 0 unspecified atom stereocenters. The number of alkyl halides is 3. The third-order valence-electron chi connectivity index (χ3n) is 5.77. The molecule has 0 atom stereocenters. The van der Waals surface area contributed by atoms with Crippen LogP contribution in [0.15, 0.2) is 58.4 Å². The Labute approximate surface area is 196 Å². The molecule has 33 heavy (non-hydrogen) atoms. The van der Waals surface area contributed by atoms with Crippen molar-refractivity contribution in [2.45, 2.75) is 32.4 Å². The van der Waals surface area contributed by atoms with Gasteiger partial charge in [-0.05, 0) is 52.6 Å². The van der Waals surface area contributed by atoms with Crippen molar-refractivity contribution in [1.82, 2.24) is 4.90 Å². The van der Waals surface area contributed by atoms with Crippen LogP contribution in [0, 0.1) is 0 Å². The number of halogens is 3. The van der Waals surface area contributed by atoms with Gasteiger partial charge in [0.1, 0.15) is 0 Å². The van der Waals surface area contributed by atoms with Crippen molar-refractivity contribution in [2.24, 2.45) is 4.99 Å². The van der Waals surface area contributed by atoms with Gasteiger partial charge in [-0.3, -0.25) is 4.79 Å². The fraction of sp³-hybridized carbons (Fsp3) is 0.360. The summed E-state index contributed by atoms with van der Waals surface area (Å²) in [5, 5.41) is 0.654. The summed E-state index contributed by atoms with van der Waals surface area (Å²) in [5.41, 5.74) is 2.15. The van der Waals surface area contributed by atoms with Gasteiger partial charge in [-0.1, -0.05) is 51.1 Å². The van der Waals surface area contributed by atoms with Crippen LogP contribution in [0.4, 0.5) is 18.9 Å². The molecule has 0 spiro atoms. The lowest BCUT2D eigenvalue weighted by Crippen LogP contribution is -2.47. The second-order valence-corrected chi connectivity index (χ2v) is 10.2. The molecule has 2 aliphatic heterocycles. The van der Waals surface area contributed by atoms with Crippen LogP contribution < -0.4 is 4.90 Å². The number of carbonyl (C=O) groups excluding carboxylic acids is 1. The second kappa shape index (κ2) is 8.89. The van der Waals surface area contributed by atoms with E-state index in [1.165, 1.54) is 29.5 Å². The molecule has 2 heterocycles. The van der Waals surface area contributed by atoms with E-state index >= 15 is 0 Å². The fourth-order valence-corrected chi connectivity index (χ4v) is 4.76. The lowest BCUT2D eigenvalue weighted by atomic mass is 9.87. The van der Waals surface area contributed by atoms with Crippen molar-refractivity contribution in [3.63, 3.8) is 0 Å². The van der Waals surface area contributed by atoms with Crippen molar-refractivity contribution < 1.29 is 18.0 Å². The number of thioether (sulfide) groups is 1. The van der Waals surface area contributed by atoms with Gasteiger partial charge < -0.3 is 9.80 Å². The second-order valence-electron chi connectivity index (χ2n) is 9.20. The van der Waals surface area contributed by atoms with E-state index in [0.29, 0.717) is 41.9 Å². The Morgan fingerprint density at radius 3 is 2.15 bits per heavy atom. The highest BCUT2D eigenvalue weighted by Crippen LogP contribution is 2.34. The summed E-state index contributed by atoms with van der Waals surface area (Å²) in [6.07, 6.45) is -2.50. The maximum Gasteiger partial charge on any atom is 0.416 e. The van der Waals surface area contributed by atoms with Gasteiger partial charge in [-0.2, -0.15) is 18.2 Å². The van der Waals surface area contributed by atoms with Crippen LogP contribution in [0.25, 0.3) is 6.08 Å². The Balaban J connectivity index is 1.39. The predicted molar refractivity (Wildman–Crippen MR) is 128 cm³/mol. The van der Waals surface area contributed by atoms with Crippen molar-refractivity contribution >= 4 is 34.6 Å². The highest BCUT2D eigenvalue weighted by atomic mass is 32.2. The van der Waals surface area contributed by atoms with E-state index in [1.807, 2.05) is 28.0 Å². The van der Waals surface area contributed by atoms with Crippen LogP contribution in [-0.4, -0.2) is 42.2 Å². The van der Waals surface area contributed by atoms with Crippen molar-refractivity contribution in [3.05, 3.63) is 70.1 Å². The minimum atomic E-state index is -4.36. The van der Waals surface area contributed by atoms with Gasteiger partial charge >= 0.3 is 6.18 Å². The number of piperazine rings is 1. The molecule has 0 N–H and O–H groups in total. The van der Waals surface area contributed by atoms with Gasteiger partial charge in [0.05, 0.1) is 10.5 Å². The molecule has 4 rings (SSSR count). The third kappa shape index (κ3) is 5.43. The summed E-state index contributed by atoms with van der Waals surface area (Å²) in [6.45, 7) is 8.76. The van der Waals surface area contributed by atoms with Gasteiger partial charge in [-0.25, -0.2) is 0 Å². The SMILES string of the molecule is CC(C)(C)c1ccc(/C=C2/SC(N3CCN(c4cccc(C(F)(F)F)c4)CC3)=NC2=O)cc1. The first-order valence-electron chi connectivity index (χ1n) is 10.8. The van der Waals surface area contributed by atoms with E-state index in [9.17, 15) is 18.0 Å². The molecule has 2 aromatic rings. The lowest BCUT2D eigenvalue weighted by Gasteiger charge is -2.36. The first kappa shape index (κ1) is 23.4. The average Bonchev–Trinajstić information content (AvgIpc) is 3.13. The van der Waals surface area contributed by atoms with Crippen molar-refractivity contribution in [2.75, 3.05) is 31.1 Å². The zero-order valence-corrected chi connectivity index (χ0v) is 19.6. The summed E-state index contributed by atoms with van der Waals surface area (Å²) in [7, 11) is 0. The van der Waals surface area contributed by atoms with Crippen LogP contribution >= 0.6 is 11.8 Å². The van der Waals surface area contributed by atoms with Crippen LogP contribution in [0.3, 0.4) is 0 Å². The van der Waals surface area contributed by atoms with E-state index in [2.05, 4.69) is 37.9 Å². The predicted octanol–water partition coefficient (Wildman–Crippen LogP) is 5.80. The molecule has 0 saturated carbocycles. The summed E-state index contributed by atoms with van der Waals surface area (Å²) in [5.74, 6) is -0.254. The van der Waals surface area contributed by atoms with Crippen molar-refractivity contribution in [1.29, 1.82) is 0 Å². The Morgan fingerprint density at radius 2 is 1.55 bits per heavy atom. The van der Waals surface area contributed by atoms with E-state index in [0.717, 1.165) is 11.6 Å². The van der Waals surface area contributed by atoms with E-state index < -0.39 is 11.7 Å². The molecule has 2 aliphatic rings. The molecule has 1 saturated heterocycles. The molecule has 0 radical (unpaired) electrons. The van der Waals surface area contributed by atoms with Gasteiger partial charge in [0.25, 0.3) is 5.91 Å². The highest BCUT2D eigenvalue weighted by molar-refractivity contribution is 8.18. The minimum Gasteiger partial charge on any atom is -0.368 e. The van der Waals surface area contributed by atoms with Gasteiger partial charge in [0.15, 0.2) is 5.17 Å². The summed E-state index contributed by atoms with van der Waals surface area (Å²) in [6, 6.07) is 13.6. The molecule has 4 nitrogen and oxygen atoms in total. The standard InChI is InChI=1S/C25H26F3N3OS/c1-24(2,3)18-9-7-17(8-10-18)15-21-22(32)29-23(33-21)31-13-11-30(12-14-31)20-6-4-5-19(16-20)25(26,27)28/h4-10,15-16H,11-14H2,1-3H3/b21-15+. The maximum atomic E-state index is 13.0. The Hall–Kier alpha value is -2.74. The maximum absolute atomic E-state index is 13.0. The summed E-state index contributed by atoms with van der Waals surface area (Å²) < 4.78 is 39.1. The molecule has 8 heteroatoms. The number of rotatable bonds is 2. The molecule has 1 fully saturated rings. The lowest BCUT2D eigenvalue weighted by molar-refractivity contribution is -0.137. The number of nitrogens with zero attached hydrogens (tertiary/aromatic N) is 3. The smallest absolute Gasteiger partial charge is 0.368 e. The summed E-state index contributed by atoms with van der Waals surface area (Å²) >= 11 is 1.35. The fourth-order valence-electron chi connectivity index (χ4n) is 3.80. The molecule has 2 aromatic carbocycles. The molecule has 0 aromatic heterocycles. The molecule has 0 bridgehead atoms. The van der Waals surface area contributed by atoms with Gasteiger partial charge in [-0.15, -0.1) is 0 Å². The van der Waals surface area contributed by atoms with Crippen molar-refractivity contribution in [3.8, 4) is 0 Å². The largest absolute Gasteiger partial charge is 0.416 e. The normalized spacial score (nSPS) is 18.8. The minimum absolute atomic E-state index is 0.0656. The number of benzene rings is 2. The topological polar surface area (TPSA) is 35.9 Å². The number of carbonyl (C=O) groups is 1. The van der Waals surface area contributed by atoms with Crippen LogP contribution in [0.2, 0.25) is 0 Å². The Morgan fingerprint density at radius 1 is 0.909 bits per heavy atom. The highest BCUT2D eigenvalue weighted by Gasteiger charge is 2.32. The number of aliphatic imine (C=N–C) groups is 1. The molecule has 174 valence electrons. The first-order valence-corrected chi connectivity index (χ1v) is 11.6. The molecule has 0 aliphatic carbocycles. The summed E-state index contributed by atoms with van der Waals surface area (Å²) in [4.78, 5) is 21.2. The number of hydrogen-bond donors (Lipinski definition) is 0. The quantitative estimate of drug-likeness (QED) is 0.517. The van der Waals surface area contributed by atoms with Gasteiger partial charge in [0.2, 0.25) is 0 Å². The molecular weight excluding hydrogens is 447 g/mol. The van der Waals surface area contributed by atoms with Crippen LogP contribution in [0.1, 0.15) is 37.5 Å².